The second kappa shape index (κ2) is 11.1. The molecule has 1 atom stereocenters. The Morgan fingerprint density at radius 1 is 0.975 bits per heavy atom. The number of nitrogens with zero attached hydrogens (tertiary/aromatic N) is 3. The molecule has 7 nitrogen and oxygen atoms in total. The summed E-state index contributed by atoms with van der Waals surface area (Å²) in [6.07, 6.45) is 2.70. The molecule has 1 fully saturated rings. The van der Waals surface area contributed by atoms with Crippen molar-refractivity contribution in [2.24, 2.45) is 5.92 Å². The van der Waals surface area contributed by atoms with Crippen LogP contribution in [0.4, 0.5) is 5.69 Å². The van der Waals surface area contributed by atoms with E-state index in [1.807, 2.05) is 42.5 Å². The summed E-state index contributed by atoms with van der Waals surface area (Å²) < 4.78 is 27.9. The number of carbonyl (C=O) groups excluding carboxylic acids is 1. The average molecular weight is 555 g/mol. The molecule has 4 aromatic rings. The average Bonchev–Trinajstić information content (AvgIpc) is 2.97. The number of rotatable bonds is 6. The molecule has 3 heterocycles. The van der Waals surface area contributed by atoms with E-state index in [1.54, 1.807) is 28.6 Å². The lowest BCUT2D eigenvalue weighted by Crippen LogP contribution is -2.39. The number of pyridine rings is 1. The summed E-state index contributed by atoms with van der Waals surface area (Å²) in [7, 11) is -3.56. The predicted molar refractivity (Wildman–Crippen MR) is 158 cm³/mol. The number of para-hydroxylation sites is 1. The Morgan fingerprint density at radius 3 is 2.50 bits per heavy atom. The molecule has 206 valence electrons. The van der Waals surface area contributed by atoms with Gasteiger partial charge in [0, 0.05) is 61.5 Å². The third kappa shape index (κ3) is 5.39. The molecule has 0 saturated carbocycles. The van der Waals surface area contributed by atoms with Crippen molar-refractivity contribution < 1.29 is 13.2 Å². The fourth-order valence-electron chi connectivity index (χ4n) is 5.90. The lowest BCUT2D eigenvalue weighted by molar-refractivity contribution is 0.102. The number of fused-ring (bicyclic) bond motifs is 2. The number of amides is 1. The molecule has 8 heteroatoms. The number of sulfonamides is 1. The monoisotopic (exact) mass is 554 g/mol. The third-order valence-electron chi connectivity index (χ3n) is 7.97. The maximum absolute atomic E-state index is 13.8. The maximum atomic E-state index is 13.8. The molecule has 40 heavy (non-hydrogen) atoms. The molecule has 1 N–H and O–H groups in total. The molecule has 1 unspecified atom stereocenters. The number of aromatic nitrogens is 1. The summed E-state index contributed by atoms with van der Waals surface area (Å²) in [4.78, 5) is 21.4. The Labute approximate surface area is 235 Å². The molecule has 2 aliphatic heterocycles. The van der Waals surface area contributed by atoms with Gasteiger partial charge in [0.15, 0.2) is 0 Å². The van der Waals surface area contributed by atoms with Crippen LogP contribution in [0, 0.1) is 5.92 Å². The van der Waals surface area contributed by atoms with Crippen molar-refractivity contribution in [2.45, 2.75) is 44.2 Å². The number of benzene rings is 3. The Kier molecular flexibility index (Phi) is 7.40. The number of hydrogen-bond acceptors (Lipinski definition) is 5. The molecule has 3 aromatic carbocycles. The van der Waals surface area contributed by atoms with Gasteiger partial charge in [0.05, 0.1) is 16.0 Å². The number of hydrogen-bond donors (Lipinski definition) is 1. The van der Waals surface area contributed by atoms with Crippen LogP contribution in [0.2, 0.25) is 0 Å². The molecule has 1 amide bonds. The quantitative estimate of drug-likeness (QED) is 0.342. The van der Waals surface area contributed by atoms with E-state index in [4.69, 9.17) is 4.98 Å². The molecule has 0 aliphatic carbocycles. The normalized spacial score (nSPS) is 18.4. The first-order valence-electron chi connectivity index (χ1n) is 14.0. The zero-order chi connectivity index (χ0) is 27.7. The van der Waals surface area contributed by atoms with Crippen LogP contribution in [0.5, 0.6) is 0 Å². The van der Waals surface area contributed by atoms with Crippen molar-refractivity contribution in [1.29, 1.82) is 0 Å². The molecular weight excluding hydrogens is 520 g/mol. The van der Waals surface area contributed by atoms with E-state index >= 15 is 0 Å². The lowest BCUT2D eigenvalue weighted by Gasteiger charge is -2.30. The molecule has 1 saturated heterocycles. The molecule has 1 aromatic heterocycles. The zero-order valence-electron chi connectivity index (χ0n) is 22.7. The fourth-order valence-corrected chi connectivity index (χ4v) is 7.50. The predicted octanol–water partition coefficient (Wildman–Crippen LogP) is 5.47. The van der Waals surface area contributed by atoms with E-state index in [-0.39, 0.29) is 10.8 Å². The van der Waals surface area contributed by atoms with Crippen LogP contribution in [0.15, 0.2) is 83.8 Å². The first-order chi connectivity index (χ1) is 19.4. The highest BCUT2D eigenvalue weighted by molar-refractivity contribution is 7.89. The van der Waals surface area contributed by atoms with Gasteiger partial charge in [0.2, 0.25) is 10.0 Å². The standard InChI is InChI=1S/C32H34N4O3S/c1-23-8-7-18-36(20-23)40(38,39)26-15-13-25(14-16-26)33-32(37)31-27-11-5-6-12-29(27)34-30-17-19-35(22-28(30)31)21-24-9-3-2-4-10-24/h2-6,9-16,23H,7-8,17-22H2,1H3,(H,33,37). The first kappa shape index (κ1) is 26.6. The van der Waals surface area contributed by atoms with Crippen molar-refractivity contribution in [1.82, 2.24) is 14.2 Å². The van der Waals surface area contributed by atoms with Gasteiger partial charge in [-0.15, -0.1) is 0 Å². The Morgan fingerprint density at radius 2 is 1.73 bits per heavy atom. The van der Waals surface area contributed by atoms with Crippen LogP contribution >= 0.6 is 0 Å². The van der Waals surface area contributed by atoms with E-state index in [9.17, 15) is 13.2 Å². The highest BCUT2D eigenvalue weighted by Crippen LogP contribution is 2.30. The number of anilines is 1. The lowest BCUT2D eigenvalue weighted by atomic mass is 9.95. The fraction of sp³-hybridized carbons (Fsp3) is 0.312. The summed E-state index contributed by atoms with van der Waals surface area (Å²) >= 11 is 0. The van der Waals surface area contributed by atoms with Gasteiger partial charge in [-0.1, -0.05) is 55.5 Å². The van der Waals surface area contributed by atoms with Gasteiger partial charge in [0.1, 0.15) is 0 Å². The van der Waals surface area contributed by atoms with Crippen LogP contribution < -0.4 is 5.32 Å². The van der Waals surface area contributed by atoms with E-state index in [0.29, 0.717) is 36.8 Å². The molecule has 0 bridgehead atoms. The highest BCUT2D eigenvalue weighted by Gasteiger charge is 2.29. The van der Waals surface area contributed by atoms with Gasteiger partial charge in [0.25, 0.3) is 5.91 Å². The molecule has 6 rings (SSSR count). The third-order valence-corrected chi connectivity index (χ3v) is 9.85. The molecular formula is C32H34N4O3S. The van der Waals surface area contributed by atoms with Crippen LogP contribution in [-0.4, -0.2) is 48.1 Å². The minimum Gasteiger partial charge on any atom is -0.322 e. The van der Waals surface area contributed by atoms with Crippen molar-refractivity contribution in [3.63, 3.8) is 0 Å². The minimum absolute atomic E-state index is 0.211. The molecule has 2 aliphatic rings. The van der Waals surface area contributed by atoms with Crippen LogP contribution in [0.3, 0.4) is 0 Å². The summed E-state index contributed by atoms with van der Waals surface area (Å²) in [6, 6.07) is 24.7. The first-order valence-corrected chi connectivity index (χ1v) is 15.4. The minimum atomic E-state index is -3.56. The second-order valence-electron chi connectivity index (χ2n) is 11.0. The van der Waals surface area contributed by atoms with Gasteiger partial charge in [-0.25, -0.2) is 8.42 Å². The van der Waals surface area contributed by atoms with Crippen LogP contribution in [-0.2, 0) is 29.5 Å². The van der Waals surface area contributed by atoms with Crippen LogP contribution in [0.25, 0.3) is 10.9 Å². The van der Waals surface area contributed by atoms with E-state index in [1.165, 1.54) is 5.56 Å². The molecule has 0 radical (unpaired) electrons. The number of carbonyl (C=O) groups is 1. The van der Waals surface area contributed by atoms with Crippen molar-refractivity contribution in [3.8, 4) is 0 Å². The second-order valence-corrected chi connectivity index (χ2v) is 12.9. The van der Waals surface area contributed by atoms with Gasteiger partial charge in [-0.05, 0) is 54.7 Å². The van der Waals surface area contributed by atoms with Gasteiger partial charge < -0.3 is 5.32 Å². The number of nitrogens with one attached hydrogen (secondary N) is 1. The van der Waals surface area contributed by atoms with Crippen molar-refractivity contribution >= 4 is 32.5 Å². The maximum Gasteiger partial charge on any atom is 0.256 e. The largest absolute Gasteiger partial charge is 0.322 e. The Bertz CT molecular complexity index is 1640. The van der Waals surface area contributed by atoms with Crippen molar-refractivity contribution in [2.75, 3.05) is 25.0 Å². The zero-order valence-corrected chi connectivity index (χ0v) is 23.5. The Hall–Kier alpha value is -3.59. The van der Waals surface area contributed by atoms with Crippen LogP contribution in [0.1, 0.15) is 46.9 Å². The Balaban J connectivity index is 1.27. The van der Waals surface area contributed by atoms with E-state index < -0.39 is 10.0 Å². The van der Waals surface area contributed by atoms with E-state index in [2.05, 4.69) is 29.3 Å². The SMILES string of the molecule is CC1CCCN(S(=O)(=O)c2ccc(NC(=O)c3c4c(nc5ccccc35)CCN(Cc3ccccc3)C4)cc2)C1. The van der Waals surface area contributed by atoms with Gasteiger partial charge in [-0.3, -0.25) is 14.7 Å². The van der Waals surface area contributed by atoms with E-state index in [0.717, 1.165) is 54.5 Å². The molecule has 0 spiro atoms. The highest BCUT2D eigenvalue weighted by atomic mass is 32.2. The summed E-state index contributed by atoms with van der Waals surface area (Å²) in [5.74, 6) is 0.142. The van der Waals surface area contributed by atoms with Crippen molar-refractivity contribution in [3.05, 3.63) is 101 Å². The summed E-state index contributed by atoms with van der Waals surface area (Å²) in [5, 5.41) is 3.85. The summed E-state index contributed by atoms with van der Waals surface area (Å²) in [5.41, 5.74) is 5.15. The summed E-state index contributed by atoms with van der Waals surface area (Å²) in [6.45, 7) is 5.49. The smallest absolute Gasteiger partial charge is 0.256 e. The van der Waals surface area contributed by atoms with Gasteiger partial charge >= 0.3 is 0 Å². The number of piperidine rings is 1. The topological polar surface area (TPSA) is 82.6 Å². The van der Waals surface area contributed by atoms with Gasteiger partial charge in [-0.2, -0.15) is 4.31 Å².